The second kappa shape index (κ2) is 12.3. The van der Waals surface area contributed by atoms with E-state index in [9.17, 15) is 9.50 Å². The van der Waals surface area contributed by atoms with Gasteiger partial charge in [0.05, 0.1) is 6.10 Å². The van der Waals surface area contributed by atoms with Gasteiger partial charge in [-0.3, -0.25) is 4.99 Å². The molecule has 1 saturated carbocycles. The van der Waals surface area contributed by atoms with Crippen molar-refractivity contribution in [3.63, 3.8) is 0 Å². The number of nitrogens with one attached hydrogen (secondary N) is 2. The molecule has 148 valence electrons. The zero-order valence-corrected chi connectivity index (χ0v) is 18.1. The molecule has 1 aliphatic carbocycles. The normalized spacial score (nSPS) is 20.2. The molecule has 0 radical (unpaired) electrons. The highest BCUT2D eigenvalue weighted by molar-refractivity contribution is 14.0. The fourth-order valence-electron chi connectivity index (χ4n) is 3.07. The van der Waals surface area contributed by atoms with Crippen molar-refractivity contribution in [2.45, 2.75) is 51.2 Å². The molecule has 1 aromatic rings. The molecule has 0 heterocycles. The van der Waals surface area contributed by atoms with Gasteiger partial charge in [-0.05, 0) is 57.2 Å². The lowest BCUT2D eigenvalue weighted by atomic mass is 9.93. The van der Waals surface area contributed by atoms with E-state index in [2.05, 4.69) is 22.5 Å². The summed E-state index contributed by atoms with van der Waals surface area (Å²) in [6, 6.07) is 7.03. The zero-order chi connectivity index (χ0) is 18.1. The molecule has 3 N–H and O–H groups in total. The van der Waals surface area contributed by atoms with Gasteiger partial charge in [-0.15, -0.1) is 24.0 Å². The molecule has 0 spiro atoms. The summed E-state index contributed by atoms with van der Waals surface area (Å²) in [7, 11) is 1.97. The van der Waals surface area contributed by atoms with Gasteiger partial charge in [0.15, 0.2) is 5.96 Å². The van der Waals surface area contributed by atoms with E-state index < -0.39 is 0 Å². The van der Waals surface area contributed by atoms with Gasteiger partial charge in [0.2, 0.25) is 0 Å². The molecule has 5 nitrogen and oxygen atoms in total. The largest absolute Gasteiger partial charge is 0.393 e. The Bertz CT molecular complexity index is 550. The number of guanidine groups is 1. The third-order valence-electron chi connectivity index (χ3n) is 4.55. The first-order valence-electron chi connectivity index (χ1n) is 9.28. The van der Waals surface area contributed by atoms with Gasteiger partial charge in [-0.2, -0.15) is 0 Å². The van der Waals surface area contributed by atoms with Crippen LogP contribution in [0.25, 0.3) is 0 Å². The van der Waals surface area contributed by atoms with Gasteiger partial charge in [0.1, 0.15) is 5.82 Å². The lowest BCUT2D eigenvalue weighted by molar-refractivity contribution is 0.120. The third kappa shape index (κ3) is 8.07. The predicted molar refractivity (Wildman–Crippen MR) is 117 cm³/mol. The molecular formula is C19H32FIN4O. The summed E-state index contributed by atoms with van der Waals surface area (Å²) < 4.78 is 13.3. The Morgan fingerprint density at radius 3 is 2.69 bits per heavy atom. The number of rotatable bonds is 7. The smallest absolute Gasteiger partial charge is 0.191 e. The molecule has 26 heavy (non-hydrogen) atoms. The fourth-order valence-corrected chi connectivity index (χ4v) is 3.07. The first kappa shape index (κ1) is 23.0. The lowest BCUT2D eigenvalue weighted by Gasteiger charge is -2.27. The molecule has 1 fully saturated rings. The van der Waals surface area contributed by atoms with Crippen LogP contribution in [-0.4, -0.2) is 49.9 Å². The Hall–Kier alpha value is -1.09. The zero-order valence-electron chi connectivity index (χ0n) is 15.7. The quantitative estimate of drug-likeness (QED) is 0.244. The molecule has 7 heteroatoms. The number of hydrogen-bond acceptors (Lipinski definition) is 3. The molecule has 0 amide bonds. The van der Waals surface area contributed by atoms with Crippen molar-refractivity contribution >= 4 is 35.6 Å². The van der Waals surface area contributed by atoms with E-state index in [0.29, 0.717) is 12.6 Å². The first-order valence-corrected chi connectivity index (χ1v) is 9.28. The topological polar surface area (TPSA) is 59.9 Å². The van der Waals surface area contributed by atoms with Crippen molar-refractivity contribution in [1.29, 1.82) is 0 Å². The molecule has 0 aromatic heterocycles. The number of aliphatic imine (C=N–C) groups is 1. The summed E-state index contributed by atoms with van der Waals surface area (Å²) in [6.07, 6.45) is 4.43. The summed E-state index contributed by atoms with van der Waals surface area (Å²) in [5, 5.41) is 16.3. The van der Waals surface area contributed by atoms with Crippen molar-refractivity contribution in [3.8, 4) is 0 Å². The van der Waals surface area contributed by atoms with E-state index in [1.165, 1.54) is 6.07 Å². The van der Waals surface area contributed by atoms with Gasteiger partial charge < -0.3 is 20.6 Å². The van der Waals surface area contributed by atoms with Crippen LogP contribution in [0.3, 0.4) is 0 Å². The van der Waals surface area contributed by atoms with Crippen LogP contribution in [0, 0.1) is 5.82 Å². The van der Waals surface area contributed by atoms with Gasteiger partial charge in [-0.25, -0.2) is 4.39 Å². The summed E-state index contributed by atoms with van der Waals surface area (Å²) >= 11 is 0. The second-order valence-electron chi connectivity index (χ2n) is 6.67. The fraction of sp³-hybridized carbons (Fsp3) is 0.632. The van der Waals surface area contributed by atoms with Crippen molar-refractivity contribution in [1.82, 2.24) is 10.6 Å². The average molecular weight is 478 g/mol. The van der Waals surface area contributed by atoms with Gasteiger partial charge in [0.25, 0.3) is 0 Å². The van der Waals surface area contributed by atoms with E-state index in [-0.39, 0.29) is 35.9 Å². The predicted octanol–water partition coefficient (Wildman–Crippen LogP) is 3.13. The Kier molecular flexibility index (Phi) is 10.9. The molecular weight excluding hydrogens is 446 g/mol. The summed E-state index contributed by atoms with van der Waals surface area (Å²) in [4.78, 5) is 6.68. The number of anilines is 1. The second-order valence-corrected chi connectivity index (χ2v) is 6.67. The van der Waals surface area contributed by atoms with Crippen LogP contribution in [0.5, 0.6) is 0 Å². The van der Waals surface area contributed by atoms with Crippen molar-refractivity contribution in [2.24, 2.45) is 4.99 Å². The average Bonchev–Trinajstić information content (AvgIpc) is 2.60. The van der Waals surface area contributed by atoms with Gasteiger partial charge in [0, 0.05) is 38.4 Å². The highest BCUT2D eigenvalue weighted by Gasteiger charge is 2.19. The van der Waals surface area contributed by atoms with Crippen LogP contribution in [0.2, 0.25) is 0 Å². The van der Waals surface area contributed by atoms with E-state index in [1.54, 1.807) is 12.1 Å². The molecule has 0 aliphatic heterocycles. The lowest BCUT2D eigenvalue weighted by Crippen LogP contribution is -2.45. The maximum absolute atomic E-state index is 13.3. The minimum atomic E-state index is -0.210. The number of nitrogens with zero attached hydrogens (tertiary/aromatic N) is 2. The van der Waals surface area contributed by atoms with Crippen LogP contribution < -0.4 is 15.5 Å². The monoisotopic (exact) mass is 478 g/mol. The SMILES string of the molecule is CCNC(=NCCCN(C)c1cccc(F)c1)NC1CCC(O)CC1.I. The maximum Gasteiger partial charge on any atom is 0.191 e. The van der Waals surface area contributed by atoms with Crippen molar-refractivity contribution < 1.29 is 9.50 Å². The number of hydrogen-bond donors (Lipinski definition) is 3. The van der Waals surface area contributed by atoms with Crippen LogP contribution in [0.1, 0.15) is 39.0 Å². The minimum absolute atomic E-state index is 0. The third-order valence-corrected chi connectivity index (χ3v) is 4.55. The highest BCUT2D eigenvalue weighted by Crippen LogP contribution is 2.18. The summed E-state index contributed by atoms with van der Waals surface area (Å²) in [5.74, 6) is 0.635. The standard InChI is InChI=1S/C19H31FN4O.HI/c1-3-21-19(23-16-8-10-18(25)11-9-16)22-12-5-13-24(2)17-7-4-6-15(20)14-17;/h4,6-7,14,16,18,25H,3,5,8-13H2,1-2H3,(H2,21,22,23);1H. The van der Waals surface area contributed by atoms with Crippen LogP contribution in [0.4, 0.5) is 10.1 Å². The Morgan fingerprint density at radius 1 is 1.31 bits per heavy atom. The van der Waals surface area contributed by atoms with Crippen LogP contribution >= 0.6 is 24.0 Å². The van der Waals surface area contributed by atoms with Crippen molar-refractivity contribution in [2.75, 3.05) is 31.6 Å². The molecule has 0 atom stereocenters. The summed E-state index contributed by atoms with van der Waals surface area (Å²) in [5.41, 5.74) is 0.884. The van der Waals surface area contributed by atoms with Crippen LogP contribution in [0.15, 0.2) is 29.3 Å². The molecule has 0 saturated heterocycles. The van der Waals surface area contributed by atoms with E-state index >= 15 is 0 Å². The molecule has 0 unspecified atom stereocenters. The molecule has 2 rings (SSSR count). The number of aliphatic hydroxyl groups excluding tert-OH is 1. The molecule has 0 bridgehead atoms. The van der Waals surface area contributed by atoms with Crippen molar-refractivity contribution in [3.05, 3.63) is 30.1 Å². The Morgan fingerprint density at radius 2 is 2.04 bits per heavy atom. The van der Waals surface area contributed by atoms with E-state index in [0.717, 1.165) is 56.8 Å². The molecule has 1 aliphatic rings. The maximum atomic E-state index is 13.3. The first-order chi connectivity index (χ1) is 12.1. The Labute approximate surface area is 173 Å². The summed E-state index contributed by atoms with van der Waals surface area (Å²) in [6.45, 7) is 4.41. The van der Waals surface area contributed by atoms with E-state index in [1.807, 2.05) is 18.0 Å². The molecule has 1 aromatic carbocycles. The minimum Gasteiger partial charge on any atom is -0.393 e. The Balaban J connectivity index is 0.00000338. The highest BCUT2D eigenvalue weighted by atomic mass is 127. The van der Waals surface area contributed by atoms with Gasteiger partial charge in [-0.1, -0.05) is 6.07 Å². The number of aliphatic hydroxyl groups is 1. The van der Waals surface area contributed by atoms with E-state index in [4.69, 9.17) is 0 Å². The van der Waals surface area contributed by atoms with Crippen LogP contribution in [-0.2, 0) is 0 Å². The number of halogens is 2. The number of benzene rings is 1. The van der Waals surface area contributed by atoms with Gasteiger partial charge >= 0.3 is 0 Å².